The molecule has 2 rings (SSSR count). The van der Waals surface area contributed by atoms with Crippen molar-refractivity contribution in [3.63, 3.8) is 0 Å². The van der Waals surface area contributed by atoms with Crippen LogP contribution in [0.4, 0.5) is 5.82 Å². The summed E-state index contributed by atoms with van der Waals surface area (Å²) < 4.78 is 0. The molecule has 1 aromatic heterocycles. The Hall–Kier alpha value is -1.73. The number of anilines is 1. The summed E-state index contributed by atoms with van der Waals surface area (Å²) >= 11 is 0. The molecule has 4 N–H and O–H groups in total. The maximum Gasteiger partial charge on any atom is 0.248 e. The molecule has 7 nitrogen and oxygen atoms in total. The van der Waals surface area contributed by atoms with E-state index >= 15 is 0 Å². The summed E-state index contributed by atoms with van der Waals surface area (Å²) in [6, 6.07) is 2.15. The van der Waals surface area contributed by atoms with Crippen molar-refractivity contribution in [2.75, 3.05) is 25.0 Å². The molecule has 0 spiro atoms. The molecule has 0 saturated carbocycles. The quantitative estimate of drug-likeness (QED) is 0.328. The third kappa shape index (κ3) is 2.65. The fraction of sp³-hybridized carbons (Fsp3) is 0.444. The molecular formula is C9H14N6O. The maximum absolute atomic E-state index is 11.0. The first kappa shape index (κ1) is 10.8. The number of nitrogens with one attached hydrogen (secondary N) is 2. The summed E-state index contributed by atoms with van der Waals surface area (Å²) in [5.74, 6) is 5.64. The molecule has 0 aromatic carbocycles. The van der Waals surface area contributed by atoms with Gasteiger partial charge in [0.25, 0.3) is 0 Å². The van der Waals surface area contributed by atoms with Crippen molar-refractivity contribution in [2.45, 2.75) is 6.04 Å². The van der Waals surface area contributed by atoms with Gasteiger partial charge in [-0.1, -0.05) is 0 Å². The van der Waals surface area contributed by atoms with Crippen LogP contribution in [0.5, 0.6) is 0 Å². The van der Waals surface area contributed by atoms with E-state index in [1.807, 2.05) is 11.0 Å². The average Bonchev–Trinajstić information content (AvgIpc) is 2.27. The SMILES string of the molecule is NNC(=O)CN1CC(Nc2ccncn2)C1. The van der Waals surface area contributed by atoms with Crippen molar-refractivity contribution in [3.05, 3.63) is 18.6 Å². The molecule has 0 bridgehead atoms. The topological polar surface area (TPSA) is 96.2 Å². The second-order valence-electron chi connectivity index (χ2n) is 3.70. The Bertz CT molecular complexity index is 350. The lowest BCUT2D eigenvalue weighted by atomic mass is 10.1. The summed E-state index contributed by atoms with van der Waals surface area (Å²) in [5.41, 5.74) is 2.11. The number of hydrogen-bond acceptors (Lipinski definition) is 6. The van der Waals surface area contributed by atoms with Crippen LogP contribution >= 0.6 is 0 Å². The molecule has 0 radical (unpaired) electrons. The van der Waals surface area contributed by atoms with E-state index in [1.165, 1.54) is 6.33 Å². The van der Waals surface area contributed by atoms with E-state index < -0.39 is 0 Å². The van der Waals surface area contributed by atoms with Gasteiger partial charge in [-0.3, -0.25) is 15.1 Å². The molecule has 1 saturated heterocycles. The Labute approximate surface area is 93.0 Å². The van der Waals surface area contributed by atoms with Crippen LogP contribution in [0.1, 0.15) is 0 Å². The number of hydrogen-bond donors (Lipinski definition) is 3. The van der Waals surface area contributed by atoms with E-state index in [2.05, 4.69) is 20.7 Å². The van der Waals surface area contributed by atoms with Gasteiger partial charge in [-0.2, -0.15) is 0 Å². The normalized spacial score (nSPS) is 16.6. The lowest BCUT2D eigenvalue weighted by Gasteiger charge is -2.39. The molecular weight excluding hydrogens is 208 g/mol. The second-order valence-corrected chi connectivity index (χ2v) is 3.70. The van der Waals surface area contributed by atoms with Crippen LogP contribution in [0.2, 0.25) is 0 Å². The fourth-order valence-electron chi connectivity index (χ4n) is 1.62. The first-order valence-electron chi connectivity index (χ1n) is 5.02. The molecule has 1 fully saturated rings. The predicted molar refractivity (Wildman–Crippen MR) is 58.2 cm³/mol. The number of hydrazine groups is 1. The Morgan fingerprint density at radius 3 is 3.06 bits per heavy atom. The second kappa shape index (κ2) is 4.86. The first-order chi connectivity index (χ1) is 7.78. The minimum atomic E-state index is -0.166. The molecule has 16 heavy (non-hydrogen) atoms. The lowest BCUT2D eigenvalue weighted by molar-refractivity contribution is -0.123. The number of amides is 1. The van der Waals surface area contributed by atoms with Crippen molar-refractivity contribution >= 4 is 11.7 Å². The van der Waals surface area contributed by atoms with E-state index in [9.17, 15) is 4.79 Å². The van der Waals surface area contributed by atoms with Gasteiger partial charge in [0.1, 0.15) is 12.1 Å². The Morgan fingerprint density at radius 2 is 2.44 bits per heavy atom. The number of likely N-dealkylation sites (tertiary alicyclic amines) is 1. The number of carbonyl (C=O) groups is 1. The van der Waals surface area contributed by atoms with Crippen LogP contribution in [-0.2, 0) is 4.79 Å². The lowest BCUT2D eigenvalue weighted by Crippen LogP contribution is -2.57. The molecule has 1 aliphatic rings. The molecule has 2 heterocycles. The standard InChI is InChI=1S/C9H14N6O/c10-14-9(16)5-15-3-7(4-15)13-8-1-2-11-6-12-8/h1-2,6-7H,3-5,10H2,(H,14,16)(H,11,12,13). The van der Waals surface area contributed by atoms with Crippen LogP contribution in [-0.4, -0.2) is 46.5 Å². The zero-order valence-electron chi connectivity index (χ0n) is 8.76. The highest BCUT2D eigenvalue weighted by molar-refractivity contribution is 5.77. The van der Waals surface area contributed by atoms with Gasteiger partial charge >= 0.3 is 0 Å². The van der Waals surface area contributed by atoms with E-state index in [-0.39, 0.29) is 5.91 Å². The zero-order valence-corrected chi connectivity index (χ0v) is 8.76. The van der Waals surface area contributed by atoms with Crippen LogP contribution < -0.4 is 16.6 Å². The monoisotopic (exact) mass is 222 g/mol. The third-order valence-electron chi connectivity index (χ3n) is 2.42. The van der Waals surface area contributed by atoms with Crippen molar-refractivity contribution in [1.82, 2.24) is 20.3 Å². The van der Waals surface area contributed by atoms with Crippen molar-refractivity contribution in [3.8, 4) is 0 Å². The highest BCUT2D eigenvalue weighted by Crippen LogP contribution is 2.11. The summed E-state index contributed by atoms with van der Waals surface area (Å²) in [4.78, 5) is 20.9. The summed E-state index contributed by atoms with van der Waals surface area (Å²) in [7, 11) is 0. The number of aromatic nitrogens is 2. The van der Waals surface area contributed by atoms with E-state index in [0.29, 0.717) is 12.6 Å². The van der Waals surface area contributed by atoms with Crippen LogP contribution in [0, 0.1) is 0 Å². The molecule has 0 unspecified atom stereocenters. The summed E-state index contributed by atoms with van der Waals surface area (Å²) in [5, 5.41) is 3.24. The van der Waals surface area contributed by atoms with Crippen molar-refractivity contribution < 1.29 is 4.79 Å². The van der Waals surface area contributed by atoms with Gasteiger partial charge in [0.05, 0.1) is 12.6 Å². The van der Waals surface area contributed by atoms with Gasteiger partial charge in [0, 0.05) is 19.3 Å². The highest BCUT2D eigenvalue weighted by Gasteiger charge is 2.27. The van der Waals surface area contributed by atoms with Gasteiger partial charge in [0.2, 0.25) is 5.91 Å². The minimum absolute atomic E-state index is 0.166. The maximum atomic E-state index is 11.0. The first-order valence-corrected chi connectivity index (χ1v) is 5.02. The van der Waals surface area contributed by atoms with Crippen LogP contribution in [0.25, 0.3) is 0 Å². The molecule has 7 heteroatoms. The highest BCUT2D eigenvalue weighted by atomic mass is 16.2. The number of nitrogens with two attached hydrogens (primary N) is 1. The number of carbonyl (C=O) groups excluding carboxylic acids is 1. The van der Waals surface area contributed by atoms with Gasteiger partial charge in [-0.15, -0.1) is 0 Å². The molecule has 0 aliphatic carbocycles. The number of rotatable bonds is 4. The smallest absolute Gasteiger partial charge is 0.248 e. The van der Waals surface area contributed by atoms with Gasteiger partial charge in [-0.05, 0) is 6.07 Å². The third-order valence-corrected chi connectivity index (χ3v) is 2.42. The molecule has 1 amide bonds. The predicted octanol–water partition coefficient (Wildman–Crippen LogP) is -1.44. The van der Waals surface area contributed by atoms with Gasteiger partial charge in [-0.25, -0.2) is 15.8 Å². The average molecular weight is 222 g/mol. The fourth-order valence-corrected chi connectivity index (χ4v) is 1.62. The zero-order chi connectivity index (χ0) is 11.4. The molecule has 1 aliphatic heterocycles. The van der Waals surface area contributed by atoms with Crippen molar-refractivity contribution in [2.24, 2.45) is 5.84 Å². The minimum Gasteiger partial charge on any atom is -0.365 e. The van der Waals surface area contributed by atoms with Gasteiger partial charge in [0.15, 0.2) is 0 Å². The van der Waals surface area contributed by atoms with Crippen LogP contribution in [0.15, 0.2) is 18.6 Å². The Morgan fingerprint density at radius 1 is 1.62 bits per heavy atom. The van der Waals surface area contributed by atoms with E-state index in [0.717, 1.165) is 18.9 Å². The van der Waals surface area contributed by atoms with E-state index in [1.54, 1.807) is 6.20 Å². The largest absolute Gasteiger partial charge is 0.365 e. The van der Waals surface area contributed by atoms with Crippen LogP contribution in [0.3, 0.4) is 0 Å². The summed E-state index contributed by atoms with van der Waals surface area (Å²) in [6.07, 6.45) is 3.19. The van der Waals surface area contributed by atoms with E-state index in [4.69, 9.17) is 5.84 Å². The number of nitrogens with zero attached hydrogens (tertiary/aromatic N) is 3. The molecule has 1 aromatic rings. The Kier molecular flexibility index (Phi) is 3.28. The van der Waals surface area contributed by atoms with Gasteiger partial charge < -0.3 is 5.32 Å². The molecule has 0 atom stereocenters. The summed E-state index contributed by atoms with van der Waals surface area (Å²) in [6.45, 7) is 1.98. The van der Waals surface area contributed by atoms with Crippen molar-refractivity contribution in [1.29, 1.82) is 0 Å². The Balaban J connectivity index is 1.71. The molecule has 86 valence electrons.